The number of hydrogen-bond donors (Lipinski definition) is 2. The van der Waals surface area contributed by atoms with E-state index in [2.05, 4.69) is 10.3 Å². The van der Waals surface area contributed by atoms with Crippen molar-refractivity contribution < 1.29 is 9.59 Å². The number of carbonyl (C=O) groups excluding carboxylic acids is 2. The number of hydrogen-bond acceptors (Lipinski definition) is 3. The monoisotopic (exact) mass is 275 g/mol. The predicted molar refractivity (Wildman–Crippen MR) is 74.5 cm³/mol. The maximum Gasteiger partial charge on any atom is 0.291 e. The number of anilines is 1. The number of carbonyl (C=O) groups is 2. The average Bonchev–Trinajstić information content (AvgIpc) is 2.95. The first-order valence-electron chi connectivity index (χ1n) is 6.20. The number of imidazole rings is 1. The number of amides is 2. The van der Waals surface area contributed by atoms with Crippen LogP contribution in [0.5, 0.6) is 0 Å². The van der Waals surface area contributed by atoms with Crippen LogP contribution in [0.1, 0.15) is 41.0 Å². The van der Waals surface area contributed by atoms with Gasteiger partial charge in [0.2, 0.25) is 0 Å². The molecule has 0 saturated carbocycles. The Bertz CT molecular complexity index is 654. The maximum atomic E-state index is 12.2. The molecule has 20 heavy (non-hydrogen) atoms. The molecule has 0 aromatic carbocycles. The molecule has 2 rings (SSSR count). The minimum atomic E-state index is -0.545. The lowest BCUT2D eigenvalue weighted by Crippen LogP contribution is -2.18. The molecule has 0 atom stereocenters. The fourth-order valence-corrected chi connectivity index (χ4v) is 1.97. The molecule has 0 bridgehead atoms. The van der Waals surface area contributed by atoms with E-state index in [1.807, 2.05) is 13.8 Å². The summed E-state index contributed by atoms with van der Waals surface area (Å²) >= 11 is 0. The molecular weight excluding hydrogens is 258 g/mol. The molecule has 2 heterocycles. The van der Waals surface area contributed by atoms with Gasteiger partial charge in [0.15, 0.2) is 5.82 Å². The third kappa shape index (κ3) is 2.56. The Morgan fingerprint density at radius 1 is 1.40 bits per heavy atom. The highest BCUT2D eigenvalue weighted by atomic mass is 16.2. The quantitative estimate of drug-likeness (QED) is 0.876. The Hall–Kier alpha value is -2.57. The van der Waals surface area contributed by atoms with Crippen LogP contribution in [0.15, 0.2) is 24.7 Å². The van der Waals surface area contributed by atoms with E-state index in [0.717, 1.165) is 0 Å². The molecule has 0 aliphatic heterocycles. The third-order valence-electron chi connectivity index (χ3n) is 2.94. The topological polar surface area (TPSA) is 94.9 Å². The van der Waals surface area contributed by atoms with Crippen molar-refractivity contribution in [2.45, 2.75) is 19.9 Å². The summed E-state index contributed by atoms with van der Waals surface area (Å²) in [4.78, 5) is 27.4. The van der Waals surface area contributed by atoms with Crippen LogP contribution in [-0.4, -0.2) is 25.9 Å². The molecule has 7 nitrogen and oxygen atoms in total. The second kappa shape index (κ2) is 5.20. The van der Waals surface area contributed by atoms with Crippen LogP contribution >= 0.6 is 0 Å². The Morgan fingerprint density at radius 2 is 2.10 bits per heavy atom. The summed E-state index contributed by atoms with van der Waals surface area (Å²) in [6.07, 6.45) is 4.95. The molecule has 106 valence electrons. The summed E-state index contributed by atoms with van der Waals surface area (Å²) in [6.45, 7) is 3.93. The molecule has 0 aliphatic carbocycles. The van der Waals surface area contributed by atoms with Crippen molar-refractivity contribution in [2.75, 3.05) is 5.32 Å². The van der Waals surface area contributed by atoms with Crippen molar-refractivity contribution >= 4 is 17.5 Å². The number of primary amides is 1. The summed E-state index contributed by atoms with van der Waals surface area (Å²) in [5, 5.41) is 2.70. The van der Waals surface area contributed by atoms with Gasteiger partial charge in [-0.2, -0.15) is 0 Å². The molecule has 0 spiro atoms. The smallest absolute Gasteiger partial charge is 0.291 e. The third-order valence-corrected chi connectivity index (χ3v) is 2.94. The molecule has 0 radical (unpaired) electrons. The minimum absolute atomic E-state index is 0.134. The lowest BCUT2D eigenvalue weighted by molar-refractivity contribution is 0.0988. The molecular formula is C13H17N5O2. The van der Waals surface area contributed by atoms with Gasteiger partial charge in [-0.15, -0.1) is 0 Å². The molecule has 3 N–H and O–H groups in total. The molecule has 0 unspecified atom stereocenters. The van der Waals surface area contributed by atoms with Crippen LogP contribution in [0.25, 0.3) is 0 Å². The Balaban J connectivity index is 2.22. The van der Waals surface area contributed by atoms with Crippen LogP contribution in [0.3, 0.4) is 0 Å². The van der Waals surface area contributed by atoms with Crippen LogP contribution in [-0.2, 0) is 7.05 Å². The van der Waals surface area contributed by atoms with Gasteiger partial charge in [0.05, 0.1) is 5.69 Å². The Morgan fingerprint density at radius 3 is 2.65 bits per heavy atom. The van der Waals surface area contributed by atoms with Gasteiger partial charge in [-0.3, -0.25) is 9.59 Å². The summed E-state index contributed by atoms with van der Waals surface area (Å²) in [5.74, 6) is -0.550. The van der Waals surface area contributed by atoms with Crippen LogP contribution in [0.2, 0.25) is 0 Å². The lowest BCUT2D eigenvalue weighted by atomic mass is 10.3. The van der Waals surface area contributed by atoms with Gasteiger partial charge in [-0.1, -0.05) is 0 Å². The fourth-order valence-electron chi connectivity index (χ4n) is 1.97. The van der Waals surface area contributed by atoms with Crippen molar-refractivity contribution in [1.82, 2.24) is 14.1 Å². The molecule has 2 aromatic rings. The summed E-state index contributed by atoms with van der Waals surface area (Å²) in [6, 6.07) is 1.67. The fraction of sp³-hybridized carbons (Fsp3) is 0.308. The highest BCUT2D eigenvalue weighted by Gasteiger charge is 2.16. The SMILES string of the molecule is CC(C)n1ccnc1C(=O)Nc1cc(C(N)=O)n(C)c1. The van der Waals surface area contributed by atoms with Crippen molar-refractivity contribution in [1.29, 1.82) is 0 Å². The number of aromatic nitrogens is 3. The van der Waals surface area contributed by atoms with Crippen molar-refractivity contribution in [3.05, 3.63) is 36.2 Å². The van der Waals surface area contributed by atoms with E-state index in [1.165, 1.54) is 6.07 Å². The standard InChI is InChI=1S/C13H17N5O2/c1-8(2)18-5-4-15-12(18)13(20)16-9-6-10(11(14)19)17(3)7-9/h4-8H,1-3H3,(H2,14,19)(H,16,20). The highest BCUT2D eigenvalue weighted by molar-refractivity contribution is 6.02. The van der Waals surface area contributed by atoms with E-state index in [1.54, 1.807) is 34.8 Å². The van der Waals surface area contributed by atoms with E-state index in [-0.39, 0.29) is 11.9 Å². The highest BCUT2D eigenvalue weighted by Crippen LogP contribution is 2.15. The number of nitrogens with zero attached hydrogens (tertiary/aromatic N) is 3. The van der Waals surface area contributed by atoms with Crippen molar-refractivity contribution in [3.63, 3.8) is 0 Å². The second-order valence-corrected chi connectivity index (χ2v) is 4.80. The first-order valence-corrected chi connectivity index (χ1v) is 6.20. The first-order chi connectivity index (χ1) is 9.40. The summed E-state index contributed by atoms with van der Waals surface area (Å²) in [7, 11) is 1.69. The van der Waals surface area contributed by atoms with Gasteiger partial charge < -0.3 is 20.2 Å². The number of rotatable bonds is 4. The minimum Gasteiger partial charge on any atom is -0.364 e. The van der Waals surface area contributed by atoms with Gasteiger partial charge >= 0.3 is 0 Å². The molecule has 0 fully saturated rings. The number of nitrogens with one attached hydrogen (secondary N) is 1. The second-order valence-electron chi connectivity index (χ2n) is 4.80. The molecule has 2 amide bonds. The van der Waals surface area contributed by atoms with E-state index >= 15 is 0 Å². The summed E-state index contributed by atoms with van der Waals surface area (Å²) < 4.78 is 3.33. The van der Waals surface area contributed by atoms with Gasteiger partial charge in [0.1, 0.15) is 5.69 Å². The van der Waals surface area contributed by atoms with Crippen LogP contribution < -0.4 is 11.1 Å². The van der Waals surface area contributed by atoms with Gasteiger partial charge in [0.25, 0.3) is 11.8 Å². The van der Waals surface area contributed by atoms with Crippen LogP contribution in [0, 0.1) is 0 Å². The lowest BCUT2D eigenvalue weighted by Gasteiger charge is -2.10. The van der Waals surface area contributed by atoms with Crippen LogP contribution in [0.4, 0.5) is 5.69 Å². The predicted octanol–water partition coefficient (Wildman–Crippen LogP) is 1.15. The largest absolute Gasteiger partial charge is 0.364 e. The molecule has 0 aliphatic rings. The van der Waals surface area contributed by atoms with Gasteiger partial charge in [-0.25, -0.2) is 4.98 Å². The van der Waals surface area contributed by atoms with E-state index < -0.39 is 5.91 Å². The number of aryl methyl sites for hydroxylation is 1. The Labute approximate surface area is 116 Å². The number of nitrogens with two attached hydrogens (primary N) is 1. The zero-order valence-electron chi connectivity index (χ0n) is 11.6. The first kappa shape index (κ1) is 13.9. The van der Waals surface area contributed by atoms with Crippen molar-refractivity contribution in [2.24, 2.45) is 12.8 Å². The zero-order valence-corrected chi connectivity index (χ0v) is 11.6. The van der Waals surface area contributed by atoms with E-state index in [9.17, 15) is 9.59 Å². The average molecular weight is 275 g/mol. The molecule has 2 aromatic heterocycles. The normalized spacial score (nSPS) is 10.8. The van der Waals surface area contributed by atoms with Gasteiger partial charge in [0, 0.05) is 31.7 Å². The molecule has 0 saturated heterocycles. The summed E-state index contributed by atoms with van der Waals surface area (Å²) in [5.41, 5.74) is 6.06. The maximum absolute atomic E-state index is 12.2. The molecule has 7 heteroatoms. The van der Waals surface area contributed by atoms with E-state index in [4.69, 9.17) is 5.73 Å². The zero-order chi connectivity index (χ0) is 14.9. The Kier molecular flexibility index (Phi) is 3.60. The van der Waals surface area contributed by atoms with E-state index in [0.29, 0.717) is 17.2 Å². The van der Waals surface area contributed by atoms with Crippen molar-refractivity contribution in [3.8, 4) is 0 Å². The van der Waals surface area contributed by atoms with Gasteiger partial charge in [-0.05, 0) is 19.9 Å².